The molecule has 0 amide bonds. The number of phenolic OH excluding ortho intramolecular Hbond substituents is 1. The number of cyclic esters (lactones) is 1. The van der Waals surface area contributed by atoms with Gasteiger partial charge < -0.3 is 58.7 Å². The summed E-state index contributed by atoms with van der Waals surface area (Å²) in [5, 5.41) is 51.4. The molecule has 5 N–H and O–H groups in total. The summed E-state index contributed by atoms with van der Waals surface area (Å²) in [6, 6.07) is 4.97. The lowest BCUT2D eigenvalue weighted by Crippen LogP contribution is -2.59. The molecule has 3 aliphatic heterocycles. The molecule has 0 saturated carbocycles. The molecular formula is C27H30O13. The van der Waals surface area contributed by atoms with Gasteiger partial charge in [0.2, 0.25) is 12.5 Å². The predicted octanol–water partition coefficient (Wildman–Crippen LogP) is 0.00800. The first kappa shape index (κ1) is 26.9. The fourth-order valence-corrected chi connectivity index (χ4v) is 5.98. The van der Waals surface area contributed by atoms with Crippen molar-refractivity contribution in [3.8, 4) is 39.9 Å². The van der Waals surface area contributed by atoms with Crippen LogP contribution in [0.4, 0.5) is 0 Å². The number of benzene rings is 2. The maximum absolute atomic E-state index is 12.8. The summed E-state index contributed by atoms with van der Waals surface area (Å²) in [7, 11) is 2.82. The molecule has 0 aromatic heterocycles. The standard InChI is InChI=1S/C27H30O13/c1-34-15-3-10(4-16(35-2)20(15)29)19-11-5-13-14(8-36-26(13)33)24(12(11)6-17-25(19)38-9-37-17)40-27-23(32)22(31)21(30)18(7-28)39-27/h3-4,6,13-14,18,21-24,27-32H,5,7-9H2,1-2H3/t13-,14?,18-,21-,22+,23-,24+,27+/m1/s1. The number of hydrogen-bond donors (Lipinski definition) is 5. The number of aromatic hydroxyl groups is 1. The van der Waals surface area contributed by atoms with Crippen molar-refractivity contribution in [1.29, 1.82) is 0 Å². The van der Waals surface area contributed by atoms with E-state index in [-0.39, 0.29) is 37.1 Å². The fourth-order valence-electron chi connectivity index (χ4n) is 5.98. The van der Waals surface area contributed by atoms with Crippen molar-refractivity contribution in [2.24, 2.45) is 11.8 Å². The van der Waals surface area contributed by atoms with Gasteiger partial charge in [0, 0.05) is 11.5 Å². The van der Waals surface area contributed by atoms with Crippen LogP contribution in [-0.4, -0.2) is 96.4 Å². The van der Waals surface area contributed by atoms with Gasteiger partial charge in [-0.1, -0.05) is 0 Å². The van der Waals surface area contributed by atoms with E-state index in [1.807, 2.05) is 0 Å². The predicted molar refractivity (Wildman–Crippen MR) is 132 cm³/mol. The van der Waals surface area contributed by atoms with Gasteiger partial charge in [-0.3, -0.25) is 4.79 Å². The van der Waals surface area contributed by atoms with Gasteiger partial charge in [0.25, 0.3) is 0 Å². The first-order valence-electron chi connectivity index (χ1n) is 12.8. The zero-order valence-corrected chi connectivity index (χ0v) is 21.7. The molecule has 0 bridgehead atoms. The quantitative estimate of drug-likeness (QED) is 0.297. The Bertz CT molecular complexity index is 1280. The average molecular weight is 563 g/mol. The largest absolute Gasteiger partial charge is 0.502 e. The summed E-state index contributed by atoms with van der Waals surface area (Å²) in [5.41, 5.74) is 2.42. The zero-order valence-electron chi connectivity index (χ0n) is 21.7. The molecule has 0 spiro atoms. The number of phenols is 1. The maximum Gasteiger partial charge on any atom is 0.309 e. The van der Waals surface area contributed by atoms with Crippen molar-refractivity contribution >= 4 is 5.97 Å². The number of esters is 1. The van der Waals surface area contributed by atoms with Crippen LogP contribution in [0.3, 0.4) is 0 Å². The minimum absolute atomic E-state index is 0.0509. The van der Waals surface area contributed by atoms with Crippen molar-refractivity contribution in [2.75, 3.05) is 34.2 Å². The molecule has 2 aromatic rings. The number of carbonyl (C=O) groups is 1. The molecule has 216 valence electrons. The summed E-state index contributed by atoms with van der Waals surface area (Å²) in [6.07, 6.45) is -8.05. The van der Waals surface area contributed by atoms with Crippen LogP contribution in [0.25, 0.3) is 11.1 Å². The van der Waals surface area contributed by atoms with Crippen LogP contribution in [0.5, 0.6) is 28.7 Å². The smallest absolute Gasteiger partial charge is 0.309 e. The molecule has 6 rings (SSSR count). The molecule has 13 nitrogen and oxygen atoms in total. The van der Waals surface area contributed by atoms with E-state index in [0.717, 1.165) is 0 Å². The number of carbonyl (C=O) groups excluding carboxylic acids is 1. The van der Waals surface area contributed by atoms with Crippen molar-refractivity contribution in [2.45, 2.75) is 43.2 Å². The second kappa shape index (κ2) is 10.3. The van der Waals surface area contributed by atoms with Crippen molar-refractivity contribution in [3.63, 3.8) is 0 Å². The van der Waals surface area contributed by atoms with Gasteiger partial charge in [0.1, 0.15) is 24.4 Å². The van der Waals surface area contributed by atoms with E-state index in [2.05, 4.69) is 0 Å². The number of aliphatic hydroxyl groups excluding tert-OH is 4. The number of aliphatic hydroxyl groups is 4. The van der Waals surface area contributed by atoms with E-state index in [0.29, 0.717) is 33.8 Å². The van der Waals surface area contributed by atoms with Crippen LogP contribution in [0, 0.1) is 11.8 Å². The van der Waals surface area contributed by atoms with Crippen LogP contribution in [-0.2, 0) is 25.4 Å². The molecule has 2 fully saturated rings. The topological polar surface area (TPSA) is 183 Å². The van der Waals surface area contributed by atoms with E-state index in [1.165, 1.54) is 14.2 Å². The van der Waals surface area contributed by atoms with Crippen molar-refractivity contribution in [1.82, 2.24) is 0 Å². The average Bonchev–Trinajstić information content (AvgIpc) is 3.58. The third kappa shape index (κ3) is 4.12. The molecule has 4 aliphatic rings. The molecular weight excluding hydrogens is 532 g/mol. The van der Waals surface area contributed by atoms with E-state index < -0.39 is 61.2 Å². The molecule has 1 unspecified atom stereocenters. The summed E-state index contributed by atoms with van der Waals surface area (Å²) in [5.74, 6) is -0.536. The monoisotopic (exact) mass is 562 g/mol. The fraction of sp³-hybridized carbons (Fsp3) is 0.519. The van der Waals surface area contributed by atoms with Crippen LogP contribution >= 0.6 is 0 Å². The van der Waals surface area contributed by atoms with Gasteiger partial charge in [0.15, 0.2) is 29.3 Å². The lowest BCUT2D eigenvalue weighted by molar-refractivity contribution is -0.317. The highest BCUT2D eigenvalue weighted by molar-refractivity contribution is 5.84. The number of fused-ring (bicyclic) bond motifs is 3. The van der Waals surface area contributed by atoms with E-state index in [4.69, 9.17) is 33.2 Å². The highest BCUT2D eigenvalue weighted by Crippen LogP contribution is 2.55. The van der Waals surface area contributed by atoms with Gasteiger partial charge in [-0.05, 0) is 41.3 Å². The van der Waals surface area contributed by atoms with Crippen LogP contribution in [0.15, 0.2) is 18.2 Å². The number of rotatable bonds is 6. The van der Waals surface area contributed by atoms with Gasteiger partial charge in [0.05, 0.1) is 39.5 Å². The SMILES string of the molecule is COc1cc(-c2c3c(cc4c2OCO4)[C@H](O[C@@H]2O[C@H](CO)[C@@H](O)[C@H](O)[C@H]2O)C2COC(=O)[C@@H]2C3)cc(OC)c1O. The molecule has 1 aliphatic carbocycles. The second-order valence-electron chi connectivity index (χ2n) is 10.1. The maximum atomic E-state index is 12.8. The summed E-state index contributed by atoms with van der Waals surface area (Å²) in [6.45, 7) is -0.618. The summed E-state index contributed by atoms with van der Waals surface area (Å²) >= 11 is 0. The normalized spacial score (nSPS) is 32.3. The number of ether oxygens (including phenoxy) is 7. The molecule has 8 atom stereocenters. The van der Waals surface area contributed by atoms with Crippen LogP contribution in [0.1, 0.15) is 17.2 Å². The Morgan fingerprint density at radius 2 is 1.70 bits per heavy atom. The Balaban J connectivity index is 1.50. The Morgan fingerprint density at radius 3 is 2.38 bits per heavy atom. The minimum atomic E-state index is -1.64. The van der Waals surface area contributed by atoms with Gasteiger partial charge >= 0.3 is 5.97 Å². The van der Waals surface area contributed by atoms with E-state index in [9.17, 15) is 30.3 Å². The summed E-state index contributed by atoms with van der Waals surface area (Å²) in [4.78, 5) is 12.8. The molecule has 40 heavy (non-hydrogen) atoms. The second-order valence-corrected chi connectivity index (χ2v) is 10.1. The van der Waals surface area contributed by atoms with Gasteiger partial charge in [-0.25, -0.2) is 0 Å². The van der Waals surface area contributed by atoms with Crippen molar-refractivity contribution in [3.05, 3.63) is 29.3 Å². The first-order valence-corrected chi connectivity index (χ1v) is 12.8. The van der Waals surface area contributed by atoms with Gasteiger partial charge in [-0.2, -0.15) is 0 Å². The Labute approximate surface area is 228 Å². The van der Waals surface area contributed by atoms with E-state index in [1.54, 1.807) is 18.2 Å². The highest BCUT2D eigenvalue weighted by atomic mass is 16.7. The molecule has 2 saturated heterocycles. The lowest BCUT2D eigenvalue weighted by Gasteiger charge is -2.43. The highest BCUT2D eigenvalue weighted by Gasteiger charge is 2.52. The third-order valence-electron chi connectivity index (χ3n) is 8.06. The number of hydrogen-bond acceptors (Lipinski definition) is 13. The Kier molecular flexibility index (Phi) is 6.89. The summed E-state index contributed by atoms with van der Waals surface area (Å²) < 4.78 is 39.6. The first-order chi connectivity index (χ1) is 19.3. The van der Waals surface area contributed by atoms with Crippen LogP contribution < -0.4 is 18.9 Å². The third-order valence-corrected chi connectivity index (χ3v) is 8.06. The van der Waals surface area contributed by atoms with Gasteiger partial charge in [-0.15, -0.1) is 0 Å². The van der Waals surface area contributed by atoms with E-state index >= 15 is 0 Å². The van der Waals surface area contributed by atoms with Crippen molar-refractivity contribution < 1.29 is 63.5 Å². The van der Waals surface area contributed by atoms with Crippen LogP contribution in [0.2, 0.25) is 0 Å². The Hall–Kier alpha value is -3.33. The molecule has 0 radical (unpaired) electrons. The lowest BCUT2D eigenvalue weighted by atomic mass is 9.72. The number of methoxy groups -OCH3 is 2. The molecule has 2 aromatic carbocycles. The molecule has 3 heterocycles. The minimum Gasteiger partial charge on any atom is -0.502 e. The molecule has 13 heteroatoms. The zero-order chi connectivity index (χ0) is 28.3. The Morgan fingerprint density at radius 1 is 0.975 bits per heavy atom.